The highest BCUT2D eigenvalue weighted by Gasteiger charge is 2.24. The molecule has 1 atom stereocenters. The van der Waals surface area contributed by atoms with Gasteiger partial charge in [-0.15, -0.1) is 0 Å². The van der Waals surface area contributed by atoms with Crippen LogP contribution in [0.25, 0.3) is 11.0 Å². The van der Waals surface area contributed by atoms with Gasteiger partial charge in [-0.2, -0.15) is 0 Å². The summed E-state index contributed by atoms with van der Waals surface area (Å²) in [5.41, 5.74) is 1.49. The van der Waals surface area contributed by atoms with Crippen LogP contribution in [0.5, 0.6) is 11.5 Å². The fourth-order valence-electron chi connectivity index (χ4n) is 2.58. The summed E-state index contributed by atoms with van der Waals surface area (Å²) in [7, 11) is 0. The second-order valence-electron chi connectivity index (χ2n) is 5.49. The first-order chi connectivity index (χ1) is 9.99. The van der Waals surface area contributed by atoms with Gasteiger partial charge in [0.15, 0.2) is 11.5 Å². The van der Waals surface area contributed by atoms with Crippen LogP contribution in [0.15, 0.2) is 12.1 Å². The molecule has 2 heterocycles. The molecule has 0 aliphatic carbocycles. The van der Waals surface area contributed by atoms with Crippen molar-refractivity contribution in [1.82, 2.24) is 9.55 Å². The number of hydrogen-bond acceptors (Lipinski definition) is 4. The van der Waals surface area contributed by atoms with Crippen molar-refractivity contribution in [3.05, 3.63) is 18.0 Å². The van der Waals surface area contributed by atoms with Gasteiger partial charge in [-0.05, 0) is 6.92 Å². The van der Waals surface area contributed by atoms with Crippen LogP contribution in [0, 0.1) is 0 Å². The van der Waals surface area contributed by atoms with Crippen LogP contribution >= 0.6 is 0 Å². The van der Waals surface area contributed by atoms with E-state index in [0.29, 0.717) is 24.7 Å². The molecule has 1 aromatic carbocycles. The second-order valence-corrected chi connectivity index (χ2v) is 5.49. The molecule has 0 spiro atoms. The highest BCUT2D eigenvalue weighted by Crippen LogP contribution is 2.36. The van der Waals surface area contributed by atoms with Crippen molar-refractivity contribution >= 4 is 17.0 Å². The number of benzene rings is 1. The molecule has 1 aliphatic rings. The monoisotopic (exact) mass is 290 g/mol. The smallest absolute Gasteiger partial charge is 0.326 e. The molecule has 1 N–H and O–H groups in total. The van der Waals surface area contributed by atoms with Gasteiger partial charge in [0.05, 0.1) is 11.0 Å². The van der Waals surface area contributed by atoms with Crippen molar-refractivity contribution in [2.45, 2.75) is 32.7 Å². The van der Waals surface area contributed by atoms with E-state index in [9.17, 15) is 9.90 Å². The van der Waals surface area contributed by atoms with E-state index in [2.05, 4.69) is 4.98 Å². The van der Waals surface area contributed by atoms with Gasteiger partial charge < -0.3 is 19.1 Å². The van der Waals surface area contributed by atoms with Gasteiger partial charge in [0, 0.05) is 18.1 Å². The third kappa shape index (κ3) is 2.20. The normalized spacial score (nSPS) is 15.4. The third-order valence-corrected chi connectivity index (χ3v) is 3.64. The molecule has 3 rings (SSSR count). The molecular formula is C15H18N2O4. The Hall–Kier alpha value is -2.24. The zero-order chi connectivity index (χ0) is 15.1. The molecule has 112 valence electrons. The van der Waals surface area contributed by atoms with Crippen molar-refractivity contribution < 1.29 is 19.4 Å². The summed E-state index contributed by atoms with van der Waals surface area (Å²) in [5, 5.41) is 9.35. The van der Waals surface area contributed by atoms with Crippen LogP contribution in [-0.2, 0) is 4.79 Å². The van der Waals surface area contributed by atoms with Gasteiger partial charge in [-0.25, -0.2) is 9.78 Å². The van der Waals surface area contributed by atoms with Gasteiger partial charge >= 0.3 is 5.97 Å². The lowest BCUT2D eigenvalue weighted by Crippen LogP contribution is -2.19. The summed E-state index contributed by atoms with van der Waals surface area (Å²) < 4.78 is 12.9. The second kappa shape index (κ2) is 4.95. The number of carboxylic acid groups (broad SMARTS) is 1. The number of aromatic nitrogens is 2. The van der Waals surface area contributed by atoms with Crippen molar-refractivity contribution in [3.8, 4) is 11.5 Å². The summed E-state index contributed by atoms with van der Waals surface area (Å²) in [6.45, 7) is 6.67. The van der Waals surface area contributed by atoms with Gasteiger partial charge in [0.25, 0.3) is 0 Å². The molecule has 6 nitrogen and oxygen atoms in total. The molecule has 2 aromatic rings. The third-order valence-electron chi connectivity index (χ3n) is 3.64. The number of imidazole rings is 1. The Morgan fingerprint density at radius 3 is 2.43 bits per heavy atom. The van der Waals surface area contributed by atoms with Crippen LogP contribution in [0.3, 0.4) is 0 Å². The minimum Gasteiger partial charge on any atom is -0.486 e. The number of hydrogen-bond donors (Lipinski definition) is 1. The molecule has 0 amide bonds. The number of carboxylic acids is 1. The molecule has 0 fully saturated rings. The van der Waals surface area contributed by atoms with E-state index in [0.717, 1.165) is 16.9 Å². The lowest BCUT2D eigenvalue weighted by Gasteiger charge is -2.19. The first kappa shape index (κ1) is 13.7. The molecule has 0 saturated carbocycles. The summed E-state index contributed by atoms with van der Waals surface area (Å²) in [6, 6.07) is 2.96. The fourth-order valence-corrected chi connectivity index (χ4v) is 2.58. The summed E-state index contributed by atoms with van der Waals surface area (Å²) in [4.78, 5) is 16.0. The van der Waals surface area contributed by atoms with Crippen molar-refractivity contribution in [2.75, 3.05) is 13.2 Å². The zero-order valence-electron chi connectivity index (χ0n) is 12.3. The number of ether oxygens (including phenoxy) is 2. The number of rotatable bonds is 3. The van der Waals surface area contributed by atoms with Gasteiger partial charge in [0.1, 0.15) is 25.1 Å². The van der Waals surface area contributed by atoms with E-state index in [4.69, 9.17) is 9.47 Å². The molecule has 1 aromatic heterocycles. The van der Waals surface area contributed by atoms with Gasteiger partial charge in [0.2, 0.25) is 0 Å². The lowest BCUT2D eigenvalue weighted by atomic mass is 10.2. The molecule has 21 heavy (non-hydrogen) atoms. The first-order valence-corrected chi connectivity index (χ1v) is 7.03. The molecule has 0 bridgehead atoms. The van der Waals surface area contributed by atoms with Crippen molar-refractivity contribution in [3.63, 3.8) is 0 Å². The standard InChI is InChI=1S/C15H18N2O4/c1-8(2)14-16-10-6-12-13(21-5-4-20-12)7-11(10)17(14)9(3)15(18)19/h6-9H,4-5H2,1-3H3,(H,18,19). The summed E-state index contributed by atoms with van der Waals surface area (Å²) >= 11 is 0. The van der Waals surface area contributed by atoms with Crippen LogP contribution in [0.1, 0.15) is 38.6 Å². The number of carbonyl (C=O) groups is 1. The Morgan fingerprint density at radius 2 is 1.86 bits per heavy atom. The van der Waals surface area contributed by atoms with Gasteiger partial charge in [-0.3, -0.25) is 0 Å². The minimum atomic E-state index is -0.883. The maximum atomic E-state index is 11.4. The summed E-state index contributed by atoms with van der Waals surface area (Å²) in [6.07, 6.45) is 0. The maximum absolute atomic E-state index is 11.4. The highest BCUT2D eigenvalue weighted by molar-refractivity contribution is 5.83. The number of nitrogens with zero attached hydrogens (tertiary/aromatic N) is 2. The number of fused-ring (bicyclic) bond motifs is 2. The lowest BCUT2D eigenvalue weighted by molar-refractivity contribution is -0.140. The largest absolute Gasteiger partial charge is 0.486 e. The van der Waals surface area contributed by atoms with Crippen molar-refractivity contribution in [2.24, 2.45) is 0 Å². The molecule has 6 heteroatoms. The first-order valence-electron chi connectivity index (χ1n) is 7.03. The molecule has 1 aliphatic heterocycles. The van der Waals surface area contributed by atoms with E-state index < -0.39 is 12.0 Å². The Morgan fingerprint density at radius 1 is 1.24 bits per heavy atom. The average Bonchev–Trinajstić information content (AvgIpc) is 2.82. The predicted octanol–water partition coefficient (Wildman–Crippen LogP) is 2.58. The van der Waals surface area contributed by atoms with E-state index in [1.165, 1.54) is 0 Å². The average molecular weight is 290 g/mol. The predicted molar refractivity (Wildman–Crippen MR) is 77.2 cm³/mol. The highest BCUT2D eigenvalue weighted by atomic mass is 16.6. The Kier molecular flexibility index (Phi) is 3.23. The Bertz CT molecular complexity index is 705. The molecular weight excluding hydrogens is 272 g/mol. The molecule has 0 radical (unpaired) electrons. The van der Waals surface area contributed by atoms with Gasteiger partial charge in [-0.1, -0.05) is 13.8 Å². The molecule has 0 saturated heterocycles. The van der Waals surface area contributed by atoms with E-state index in [1.54, 1.807) is 11.5 Å². The molecule has 1 unspecified atom stereocenters. The summed E-state index contributed by atoms with van der Waals surface area (Å²) in [5.74, 6) is 1.30. The van der Waals surface area contributed by atoms with E-state index >= 15 is 0 Å². The van der Waals surface area contributed by atoms with Crippen LogP contribution in [0.2, 0.25) is 0 Å². The fraction of sp³-hybridized carbons (Fsp3) is 0.467. The maximum Gasteiger partial charge on any atom is 0.326 e. The van der Waals surface area contributed by atoms with Crippen LogP contribution in [-0.4, -0.2) is 33.8 Å². The number of aliphatic carboxylic acids is 1. The van der Waals surface area contributed by atoms with Crippen molar-refractivity contribution in [1.29, 1.82) is 0 Å². The quantitative estimate of drug-likeness (QED) is 0.940. The van der Waals surface area contributed by atoms with Crippen LogP contribution < -0.4 is 9.47 Å². The minimum absolute atomic E-state index is 0.123. The van der Waals surface area contributed by atoms with E-state index in [-0.39, 0.29) is 5.92 Å². The van der Waals surface area contributed by atoms with Crippen LogP contribution in [0.4, 0.5) is 0 Å². The van der Waals surface area contributed by atoms with E-state index in [1.807, 2.05) is 26.0 Å². The topological polar surface area (TPSA) is 73.6 Å². The Balaban J connectivity index is 2.26. The Labute approximate surface area is 122 Å². The zero-order valence-corrected chi connectivity index (χ0v) is 12.3. The SMILES string of the molecule is CC(C)c1nc2cc3c(cc2n1C(C)C(=O)O)OCCO3.